The van der Waals surface area contributed by atoms with E-state index in [1.54, 1.807) is 39.7 Å². The van der Waals surface area contributed by atoms with Crippen molar-refractivity contribution in [2.24, 2.45) is 0 Å². The highest BCUT2D eigenvalue weighted by molar-refractivity contribution is 8.00. The van der Waals surface area contributed by atoms with Crippen molar-refractivity contribution in [2.45, 2.75) is 10.3 Å². The quantitative estimate of drug-likeness (QED) is 0.161. The first-order valence-corrected chi connectivity index (χ1v) is 16.2. The van der Waals surface area contributed by atoms with E-state index in [4.69, 9.17) is 4.42 Å². The van der Waals surface area contributed by atoms with Crippen LogP contribution in [-0.4, -0.2) is 73.8 Å². The molecule has 17 heteroatoms. The highest BCUT2D eigenvalue weighted by atomic mass is 32.2. The van der Waals surface area contributed by atoms with E-state index in [1.165, 1.54) is 29.6 Å². The Kier molecular flexibility index (Phi) is 8.75. The Balaban J connectivity index is 0.959. The number of oxazole rings is 1. The molecule has 0 aliphatic heterocycles. The van der Waals surface area contributed by atoms with Gasteiger partial charge in [-0.15, -0.1) is 10.2 Å². The minimum absolute atomic E-state index is 0.0465. The first-order chi connectivity index (χ1) is 23.5. The molecule has 3 N–H and O–H groups in total. The molecule has 15 nitrogen and oxygen atoms in total. The van der Waals surface area contributed by atoms with Gasteiger partial charge in [-0.1, -0.05) is 59.9 Å². The fourth-order valence-electron chi connectivity index (χ4n) is 4.57. The average molecular weight is 678 g/mol. The van der Waals surface area contributed by atoms with Crippen molar-refractivity contribution in [1.29, 1.82) is 0 Å². The molecule has 2 amide bonds. The summed E-state index contributed by atoms with van der Waals surface area (Å²) in [7, 11) is 0. The summed E-state index contributed by atoms with van der Waals surface area (Å²) in [4.78, 5) is 29.9. The third kappa shape index (κ3) is 6.86. The number of fused-ring (bicyclic) bond motifs is 1. The normalized spacial score (nSPS) is 11.1. The van der Waals surface area contributed by atoms with Gasteiger partial charge in [-0.25, -0.2) is 4.98 Å². The van der Waals surface area contributed by atoms with Gasteiger partial charge < -0.3 is 20.2 Å². The first kappa shape index (κ1) is 30.6. The number of rotatable bonds is 11. The Bertz CT molecular complexity index is 2220. The number of tetrazole rings is 2. The van der Waals surface area contributed by atoms with Gasteiger partial charge >= 0.3 is 0 Å². The summed E-state index contributed by atoms with van der Waals surface area (Å²) in [5.41, 5.74) is 3.76. The number of carbonyl (C=O) groups excluding carboxylic acids is 2. The zero-order valence-corrected chi connectivity index (χ0v) is 26.3. The molecule has 238 valence electrons. The van der Waals surface area contributed by atoms with E-state index in [-0.39, 0.29) is 35.0 Å². The zero-order valence-electron chi connectivity index (χ0n) is 24.7. The van der Waals surface area contributed by atoms with Crippen LogP contribution in [0.2, 0.25) is 0 Å². The monoisotopic (exact) mass is 677 g/mol. The summed E-state index contributed by atoms with van der Waals surface area (Å²) in [6, 6.07) is 28.5. The third-order valence-corrected chi connectivity index (χ3v) is 8.57. The van der Waals surface area contributed by atoms with Crippen molar-refractivity contribution in [2.75, 3.05) is 22.1 Å². The number of thioether (sulfide) groups is 2. The molecule has 7 rings (SSSR count). The van der Waals surface area contributed by atoms with Crippen LogP contribution < -0.4 is 10.6 Å². The zero-order chi connectivity index (χ0) is 32.9. The topological polar surface area (TPSA) is 192 Å². The summed E-state index contributed by atoms with van der Waals surface area (Å²) >= 11 is 2.39. The van der Waals surface area contributed by atoms with Crippen LogP contribution in [0.25, 0.3) is 33.9 Å². The second kappa shape index (κ2) is 13.7. The number of nitrogens with one attached hydrogen (secondary N) is 2. The van der Waals surface area contributed by atoms with E-state index >= 15 is 0 Å². The van der Waals surface area contributed by atoms with E-state index in [0.717, 1.165) is 11.4 Å². The van der Waals surface area contributed by atoms with Gasteiger partial charge in [0.25, 0.3) is 0 Å². The smallest absolute Gasteiger partial charge is 0.234 e. The number of aromatic nitrogens is 9. The second-order valence-electron chi connectivity index (χ2n) is 10.0. The molecule has 0 unspecified atom stereocenters. The van der Waals surface area contributed by atoms with Gasteiger partial charge in [0.05, 0.1) is 28.4 Å². The maximum atomic E-state index is 12.7. The lowest BCUT2D eigenvalue weighted by atomic mass is 10.2. The van der Waals surface area contributed by atoms with Crippen molar-refractivity contribution in [3.05, 3.63) is 97.1 Å². The summed E-state index contributed by atoms with van der Waals surface area (Å²) in [5.74, 6) is -0.394. The molecule has 0 atom stereocenters. The highest BCUT2D eigenvalue weighted by Gasteiger charge is 2.17. The first-order valence-electron chi connectivity index (χ1n) is 14.3. The minimum atomic E-state index is -0.306. The number of para-hydroxylation sites is 2. The number of anilines is 2. The lowest BCUT2D eigenvalue weighted by Crippen LogP contribution is -2.14. The maximum Gasteiger partial charge on any atom is 0.234 e. The van der Waals surface area contributed by atoms with Crippen molar-refractivity contribution in [3.8, 4) is 28.6 Å². The number of amides is 2. The van der Waals surface area contributed by atoms with Crippen LogP contribution in [-0.2, 0) is 9.59 Å². The van der Waals surface area contributed by atoms with Crippen LogP contribution in [0.5, 0.6) is 5.75 Å². The summed E-state index contributed by atoms with van der Waals surface area (Å²) in [6.07, 6.45) is 0. The van der Waals surface area contributed by atoms with E-state index in [2.05, 4.69) is 46.7 Å². The number of phenols is 1. The number of benzene rings is 4. The molecule has 48 heavy (non-hydrogen) atoms. The van der Waals surface area contributed by atoms with Crippen LogP contribution in [0.3, 0.4) is 0 Å². The van der Waals surface area contributed by atoms with Gasteiger partial charge in [0.1, 0.15) is 11.3 Å². The number of hydrogen-bond donors (Lipinski definition) is 3. The van der Waals surface area contributed by atoms with Crippen LogP contribution >= 0.6 is 23.5 Å². The molecule has 0 radical (unpaired) electrons. The number of nitrogens with zero attached hydrogens (tertiary/aromatic N) is 9. The SMILES string of the molecule is O=C(CSc1nnnn1-c1ccccc1)Nc1ccc(-c2nc3cc(NC(=O)CSc4nnnn4-c4ccccc4)ccc3o2)c(O)c1. The van der Waals surface area contributed by atoms with Crippen LogP contribution in [0.15, 0.2) is 112 Å². The minimum Gasteiger partial charge on any atom is -0.507 e. The molecular formula is C31H23N11O4S2. The molecule has 0 bridgehead atoms. The van der Waals surface area contributed by atoms with Gasteiger partial charge in [-0.3, -0.25) is 9.59 Å². The predicted molar refractivity (Wildman–Crippen MR) is 178 cm³/mol. The fraction of sp³-hybridized carbons (Fsp3) is 0.0645. The summed E-state index contributed by atoms with van der Waals surface area (Å²) in [6.45, 7) is 0. The number of carbonyl (C=O) groups is 2. The van der Waals surface area contributed by atoms with Crippen LogP contribution in [0.4, 0.5) is 11.4 Å². The van der Waals surface area contributed by atoms with Crippen molar-refractivity contribution < 1.29 is 19.1 Å². The lowest BCUT2D eigenvalue weighted by molar-refractivity contribution is -0.114. The van der Waals surface area contributed by atoms with Gasteiger partial charge in [-0.2, -0.15) is 9.36 Å². The molecule has 0 aliphatic carbocycles. The molecule has 0 aliphatic rings. The van der Waals surface area contributed by atoms with E-state index in [9.17, 15) is 14.7 Å². The second-order valence-corrected chi connectivity index (χ2v) is 11.9. The van der Waals surface area contributed by atoms with Crippen LogP contribution in [0.1, 0.15) is 0 Å². The molecule has 0 saturated carbocycles. The van der Waals surface area contributed by atoms with E-state index < -0.39 is 0 Å². The summed E-state index contributed by atoms with van der Waals surface area (Å²) < 4.78 is 8.99. The Labute approximate surface area is 279 Å². The lowest BCUT2D eigenvalue weighted by Gasteiger charge is -2.07. The number of hydrogen-bond acceptors (Lipinski definition) is 13. The Hall–Kier alpha value is -6.07. The predicted octanol–water partition coefficient (Wildman–Crippen LogP) is 4.61. The van der Waals surface area contributed by atoms with Gasteiger partial charge in [-0.05, 0) is 75.5 Å². The van der Waals surface area contributed by atoms with Crippen molar-refractivity contribution in [3.63, 3.8) is 0 Å². The molecule has 3 heterocycles. The molecular weight excluding hydrogens is 655 g/mol. The van der Waals surface area contributed by atoms with E-state index in [1.807, 2.05) is 60.7 Å². The molecule has 0 spiro atoms. The molecule has 4 aromatic carbocycles. The third-order valence-electron chi connectivity index (χ3n) is 6.73. The molecule has 7 aromatic rings. The standard InChI is InChI=1S/C31H23N11O4S2/c43-25-16-20(33-28(45)18-48-31-36-38-40-42(31)22-9-5-2-6-10-22)11-13-23(25)29-34-24-15-19(12-14-26(24)46-29)32-27(44)17-47-30-35-37-39-41(30)21-7-3-1-4-8-21/h1-16,43H,17-18H2,(H,32,44)(H,33,45). The highest BCUT2D eigenvalue weighted by Crippen LogP contribution is 2.34. The maximum absolute atomic E-state index is 12.7. The Morgan fingerprint density at radius 2 is 1.25 bits per heavy atom. The molecule has 0 saturated heterocycles. The van der Waals surface area contributed by atoms with Gasteiger partial charge in [0.2, 0.25) is 28.0 Å². The van der Waals surface area contributed by atoms with Crippen molar-refractivity contribution >= 4 is 57.8 Å². The number of aromatic hydroxyl groups is 1. The van der Waals surface area contributed by atoms with E-state index in [0.29, 0.717) is 38.4 Å². The average Bonchev–Trinajstić information content (AvgIpc) is 3.87. The van der Waals surface area contributed by atoms with Gasteiger partial charge in [0, 0.05) is 17.4 Å². The van der Waals surface area contributed by atoms with Gasteiger partial charge in [0.15, 0.2) is 5.58 Å². The van der Waals surface area contributed by atoms with Crippen molar-refractivity contribution in [1.82, 2.24) is 45.4 Å². The summed E-state index contributed by atoms with van der Waals surface area (Å²) in [5, 5.41) is 40.8. The van der Waals surface area contributed by atoms with Crippen LogP contribution in [0, 0.1) is 0 Å². The number of phenolic OH excluding ortho intramolecular Hbond substituents is 1. The molecule has 3 aromatic heterocycles. The largest absolute Gasteiger partial charge is 0.507 e. The Morgan fingerprint density at radius 1 is 0.708 bits per heavy atom. The molecule has 0 fully saturated rings. The Morgan fingerprint density at radius 3 is 1.81 bits per heavy atom. The fourth-order valence-corrected chi connectivity index (χ4v) is 5.95.